The van der Waals surface area contributed by atoms with E-state index >= 15 is 0 Å². The molecule has 1 atom stereocenters. The predicted octanol–water partition coefficient (Wildman–Crippen LogP) is 0.541. The van der Waals surface area contributed by atoms with Gasteiger partial charge in [-0.15, -0.1) is 0 Å². The number of nitrogens with one attached hydrogen (secondary N) is 2. The number of nitrogens with zero attached hydrogens (tertiary/aromatic N) is 1. The fourth-order valence-electron chi connectivity index (χ4n) is 3.44. The second kappa shape index (κ2) is 6.15. The van der Waals surface area contributed by atoms with Gasteiger partial charge in [0.1, 0.15) is 16.4 Å². The lowest BCUT2D eigenvalue weighted by atomic mass is 10.2. The molecule has 1 saturated heterocycles. The van der Waals surface area contributed by atoms with Crippen LogP contribution in [0, 0.1) is 0 Å². The number of ether oxygens (including phenoxy) is 2. The summed E-state index contributed by atoms with van der Waals surface area (Å²) < 4.78 is 39.2. The normalized spacial score (nSPS) is 23.1. The lowest BCUT2D eigenvalue weighted by Crippen LogP contribution is -2.43. The van der Waals surface area contributed by atoms with Crippen LogP contribution < -0.4 is 20.1 Å². The summed E-state index contributed by atoms with van der Waals surface area (Å²) in [5.74, 6) is 0.280. The number of hydrogen-bond donors (Lipinski definition) is 2. The number of rotatable bonds is 5. The molecule has 9 heteroatoms. The lowest BCUT2D eigenvalue weighted by Gasteiger charge is -2.29. The van der Waals surface area contributed by atoms with Gasteiger partial charge in [0.25, 0.3) is 5.91 Å². The molecular formula is C16H21N3O5S. The van der Waals surface area contributed by atoms with E-state index in [4.69, 9.17) is 9.47 Å². The summed E-state index contributed by atoms with van der Waals surface area (Å²) in [5.41, 5.74) is 0.424. The number of benzene rings is 1. The van der Waals surface area contributed by atoms with Gasteiger partial charge >= 0.3 is 0 Å². The highest BCUT2D eigenvalue weighted by molar-refractivity contribution is 7.89. The van der Waals surface area contributed by atoms with E-state index in [1.54, 1.807) is 4.31 Å². The zero-order valence-electron chi connectivity index (χ0n) is 13.9. The molecule has 2 fully saturated rings. The summed E-state index contributed by atoms with van der Waals surface area (Å²) in [6.07, 6.45) is 2.57. The van der Waals surface area contributed by atoms with Gasteiger partial charge in [-0.1, -0.05) is 0 Å². The smallest absolute Gasteiger partial charge is 0.262 e. The third-order valence-corrected chi connectivity index (χ3v) is 6.78. The minimum atomic E-state index is -3.74. The molecule has 1 aliphatic carbocycles. The summed E-state index contributed by atoms with van der Waals surface area (Å²) in [6.45, 7) is 1.35. The number of amides is 1. The van der Waals surface area contributed by atoms with Crippen LogP contribution in [-0.4, -0.2) is 57.5 Å². The van der Waals surface area contributed by atoms with Crippen molar-refractivity contribution in [1.82, 2.24) is 9.62 Å². The molecule has 1 amide bonds. The summed E-state index contributed by atoms with van der Waals surface area (Å²) in [5, 5.41) is 5.90. The number of anilines is 1. The first-order chi connectivity index (χ1) is 12.0. The van der Waals surface area contributed by atoms with Crippen LogP contribution >= 0.6 is 0 Å². The van der Waals surface area contributed by atoms with Gasteiger partial charge in [0.2, 0.25) is 10.0 Å². The molecule has 0 aromatic heterocycles. The standard InChI is InChI=1S/C16H21N3O5S/c1-23-14-6-12-13(24-9-16(20)18-12)7-15(14)25(21,22)19(10-2-3-10)11-4-5-17-8-11/h6-7,10-11,17H,2-5,8-9H2,1H3,(H,18,20). The van der Waals surface area contributed by atoms with E-state index in [0.29, 0.717) is 18.0 Å². The molecule has 1 aromatic rings. The Kier molecular flexibility index (Phi) is 4.09. The van der Waals surface area contributed by atoms with Gasteiger partial charge in [0.05, 0.1) is 12.8 Å². The van der Waals surface area contributed by atoms with Crippen molar-refractivity contribution in [2.75, 3.05) is 32.1 Å². The number of fused-ring (bicyclic) bond motifs is 1. The molecule has 0 spiro atoms. The number of carbonyl (C=O) groups excluding carboxylic acids is 1. The van der Waals surface area contributed by atoms with Crippen LogP contribution in [0.3, 0.4) is 0 Å². The molecule has 1 aromatic carbocycles. The van der Waals surface area contributed by atoms with Crippen LogP contribution in [0.25, 0.3) is 0 Å². The summed E-state index contributed by atoms with van der Waals surface area (Å²) in [7, 11) is -2.31. The van der Waals surface area contributed by atoms with E-state index in [9.17, 15) is 13.2 Å². The third kappa shape index (κ3) is 2.96. The van der Waals surface area contributed by atoms with Gasteiger partial charge in [-0.3, -0.25) is 4.79 Å². The second-order valence-electron chi connectivity index (χ2n) is 6.55. The van der Waals surface area contributed by atoms with Gasteiger partial charge < -0.3 is 20.1 Å². The van der Waals surface area contributed by atoms with E-state index in [-0.39, 0.29) is 35.2 Å². The molecular weight excluding hydrogens is 346 g/mol. The van der Waals surface area contributed by atoms with Crippen molar-refractivity contribution < 1.29 is 22.7 Å². The Balaban J connectivity index is 1.77. The fraction of sp³-hybridized carbons (Fsp3) is 0.562. The maximum Gasteiger partial charge on any atom is 0.262 e. The minimum absolute atomic E-state index is 0.0427. The number of hydrogen-bond acceptors (Lipinski definition) is 6. The van der Waals surface area contributed by atoms with E-state index in [2.05, 4.69) is 10.6 Å². The third-order valence-electron chi connectivity index (χ3n) is 4.76. The van der Waals surface area contributed by atoms with Crippen LogP contribution in [0.5, 0.6) is 11.5 Å². The van der Waals surface area contributed by atoms with E-state index in [1.807, 2.05) is 0 Å². The summed E-state index contributed by atoms with van der Waals surface area (Å²) in [4.78, 5) is 11.6. The molecule has 136 valence electrons. The minimum Gasteiger partial charge on any atom is -0.495 e. The van der Waals surface area contributed by atoms with Crippen molar-refractivity contribution in [3.63, 3.8) is 0 Å². The van der Waals surface area contributed by atoms with Gasteiger partial charge in [-0.25, -0.2) is 8.42 Å². The topological polar surface area (TPSA) is 97.0 Å². The average molecular weight is 367 g/mol. The first kappa shape index (κ1) is 16.6. The van der Waals surface area contributed by atoms with E-state index < -0.39 is 10.0 Å². The monoisotopic (exact) mass is 367 g/mol. The zero-order chi connectivity index (χ0) is 17.6. The number of methoxy groups -OCH3 is 1. The van der Waals surface area contributed by atoms with Crippen LogP contribution in [0.2, 0.25) is 0 Å². The van der Waals surface area contributed by atoms with Gasteiger partial charge in [-0.2, -0.15) is 4.31 Å². The Morgan fingerprint density at radius 1 is 1.24 bits per heavy atom. The Hall–Kier alpha value is -1.84. The maximum absolute atomic E-state index is 13.4. The summed E-state index contributed by atoms with van der Waals surface area (Å²) >= 11 is 0. The zero-order valence-corrected chi connectivity index (χ0v) is 14.8. The highest BCUT2D eigenvalue weighted by Crippen LogP contribution is 2.42. The highest BCUT2D eigenvalue weighted by atomic mass is 32.2. The van der Waals surface area contributed by atoms with Crippen LogP contribution in [0.15, 0.2) is 17.0 Å². The van der Waals surface area contributed by atoms with Crippen molar-refractivity contribution in [3.8, 4) is 11.5 Å². The van der Waals surface area contributed by atoms with Crippen LogP contribution in [-0.2, 0) is 14.8 Å². The fourth-order valence-corrected chi connectivity index (χ4v) is 5.49. The molecule has 8 nitrogen and oxygen atoms in total. The maximum atomic E-state index is 13.4. The quantitative estimate of drug-likeness (QED) is 0.789. The van der Waals surface area contributed by atoms with Crippen molar-refractivity contribution >= 4 is 21.6 Å². The molecule has 25 heavy (non-hydrogen) atoms. The first-order valence-electron chi connectivity index (χ1n) is 8.39. The highest BCUT2D eigenvalue weighted by Gasteiger charge is 2.44. The van der Waals surface area contributed by atoms with Crippen molar-refractivity contribution in [1.29, 1.82) is 0 Å². The van der Waals surface area contributed by atoms with E-state index in [0.717, 1.165) is 25.8 Å². The van der Waals surface area contributed by atoms with Gasteiger partial charge in [0, 0.05) is 30.8 Å². The van der Waals surface area contributed by atoms with Gasteiger partial charge in [-0.05, 0) is 25.8 Å². The van der Waals surface area contributed by atoms with Crippen molar-refractivity contribution in [3.05, 3.63) is 12.1 Å². The molecule has 2 heterocycles. The molecule has 0 radical (unpaired) electrons. The van der Waals surface area contributed by atoms with Crippen LogP contribution in [0.1, 0.15) is 19.3 Å². The van der Waals surface area contributed by atoms with Crippen molar-refractivity contribution in [2.45, 2.75) is 36.2 Å². The van der Waals surface area contributed by atoms with Crippen molar-refractivity contribution in [2.24, 2.45) is 0 Å². The second-order valence-corrected chi connectivity index (χ2v) is 8.36. The molecule has 1 saturated carbocycles. The molecule has 1 unspecified atom stereocenters. The Morgan fingerprint density at radius 3 is 2.68 bits per heavy atom. The largest absolute Gasteiger partial charge is 0.495 e. The van der Waals surface area contributed by atoms with Gasteiger partial charge in [0.15, 0.2) is 6.61 Å². The Morgan fingerprint density at radius 2 is 2.04 bits per heavy atom. The molecule has 0 bridgehead atoms. The average Bonchev–Trinajstić information content (AvgIpc) is 3.26. The molecule has 3 aliphatic rings. The Labute approximate surface area is 146 Å². The summed E-state index contributed by atoms with van der Waals surface area (Å²) in [6, 6.07) is 2.98. The number of carbonyl (C=O) groups is 1. The van der Waals surface area contributed by atoms with E-state index in [1.165, 1.54) is 19.2 Å². The molecule has 4 rings (SSSR count). The lowest BCUT2D eigenvalue weighted by molar-refractivity contribution is -0.118. The van der Waals surface area contributed by atoms with Crippen LogP contribution in [0.4, 0.5) is 5.69 Å². The SMILES string of the molecule is COc1cc2c(cc1S(=O)(=O)N(C1CC1)C1CCNC1)OCC(=O)N2. The number of sulfonamides is 1. The molecule has 2 aliphatic heterocycles. The Bertz CT molecular complexity index is 800. The predicted molar refractivity (Wildman–Crippen MR) is 90.4 cm³/mol. The first-order valence-corrected chi connectivity index (χ1v) is 9.83. The molecule has 2 N–H and O–H groups in total.